The molecule has 9 heteroatoms. The Morgan fingerprint density at radius 3 is 2.67 bits per heavy atom. The number of aryl methyl sites for hydroxylation is 2. The monoisotopic (exact) mass is 356 g/mol. The van der Waals surface area contributed by atoms with Crippen molar-refractivity contribution in [3.8, 4) is 16.4 Å². The van der Waals surface area contributed by atoms with Crippen molar-refractivity contribution >= 4 is 11.3 Å². The first kappa shape index (κ1) is 16.6. The zero-order valence-corrected chi connectivity index (χ0v) is 13.3. The quantitative estimate of drug-likeness (QED) is 0.657. The smallest absolute Gasteiger partial charge is 0.252 e. The molecule has 0 saturated carbocycles. The molecule has 2 heterocycles. The molecule has 0 radical (unpaired) electrons. The van der Waals surface area contributed by atoms with E-state index < -0.39 is 18.4 Å². The number of thiazole rings is 1. The second-order valence-electron chi connectivity index (χ2n) is 5.07. The highest BCUT2D eigenvalue weighted by Crippen LogP contribution is 2.32. The van der Waals surface area contributed by atoms with Crippen LogP contribution in [0.2, 0.25) is 0 Å². The van der Waals surface area contributed by atoms with Gasteiger partial charge >= 0.3 is 6.18 Å². The van der Waals surface area contributed by atoms with Gasteiger partial charge < -0.3 is 0 Å². The second kappa shape index (κ2) is 6.31. The molecule has 2 aromatic heterocycles. The first-order chi connectivity index (χ1) is 11.4. The molecule has 126 valence electrons. The van der Waals surface area contributed by atoms with Gasteiger partial charge in [-0.15, -0.1) is 16.4 Å². The van der Waals surface area contributed by atoms with Crippen LogP contribution < -0.4 is 0 Å². The van der Waals surface area contributed by atoms with Crippen LogP contribution in [0.5, 0.6) is 0 Å². The summed E-state index contributed by atoms with van der Waals surface area (Å²) in [5, 5.41) is 4.27. The third kappa shape index (κ3) is 3.16. The average molecular weight is 356 g/mol. The van der Waals surface area contributed by atoms with Gasteiger partial charge in [0, 0.05) is 12.6 Å². The molecule has 24 heavy (non-hydrogen) atoms. The standard InChI is InChI=1S/C15H12F4N4S/c1-9-2-3-10(15(17,18)19)6-11(9)23-13(4-5-16)21-14(22-23)12-7-20-8-24-12/h2-3,6-8H,4-5H2,1H3. The summed E-state index contributed by atoms with van der Waals surface area (Å²) in [5.41, 5.74) is 1.63. The molecule has 3 aromatic rings. The summed E-state index contributed by atoms with van der Waals surface area (Å²) in [5.74, 6) is 0.584. The molecule has 3 rings (SSSR count). The van der Waals surface area contributed by atoms with Crippen LogP contribution in [0.3, 0.4) is 0 Å². The highest BCUT2D eigenvalue weighted by atomic mass is 32.1. The van der Waals surface area contributed by atoms with Gasteiger partial charge in [0.15, 0.2) is 5.82 Å². The predicted octanol–water partition coefficient (Wildman–Crippen LogP) is 4.23. The van der Waals surface area contributed by atoms with E-state index in [1.54, 1.807) is 18.6 Å². The highest BCUT2D eigenvalue weighted by Gasteiger charge is 2.31. The lowest BCUT2D eigenvalue weighted by atomic mass is 10.1. The van der Waals surface area contributed by atoms with Crippen LogP contribution in [-0.2, 0) is 12.6 Å². The van der Waals surface area contributed by atoms with Gasteiger partial charge in [-0.2, -0.15) is 13.2 Å². The maximum atomic E-state index is 13.0. The van der Waals surface area contributed by atoms with E-state index in [1.807, 2.05) is 0 Å². The van der Waals surface area contributed by atoms with Crippen molar-refractivity contribution in [1.29, 1.82) is 0 Å². The number of halogens is 4. The molecule has 0 N–H and O–H groups in total. The van der Waals surface area contributed by atoms with Crippen molar-refractivity contribution in [2.45, 2.75) is 19.5 Å². The van der Waals surface area contributed by atoms with Gasteiger partial charge in [-0.3, -0.25) is 9.37 Å². The molecule has 0 bridgehead atoms. The molecule has 1 aromatic carbocycles. The lowest BCUT2D eigenvalue weighted by Gasteiger charge is -2.12. The Hall–Kier alpha value is -2.29. The summed E-state index contributed by atoms with van der Waals surface area (Å²) < 4.78 is 53.0. The fourth-order valence-electron chi connectivity index (χ4n) is 2.23. The van der Waals surface area contributed by atoms with E-state index in [0.717, 1.165) is 12.1 Å². The average Bonchev–Trinajstić information content (AvgIpc) is 3.16. The summed E-state index contributed by atoms with van der Waals surface area (Å²) in [4.78, 5) is 8.84. The van der Waals surface area contributed by atoms with Gasteiger partial charge in [-0.1, -0.05) is 6.07 Å². The Morgan fingerprint density at radius 1 is 1.25 bits per heavy atom. The Kier molecular flexibility index (Phi) is 4.35. The Bertz CT molecular complexity index is 840. The molecule has 4 nitrogen and oxygen atoms in total. The highest BCUT2D eigenvalue weighted by molar-refractivity contribution is 7.13. The summed E-state index contributed by atoms with van der Waals surface area (Å²) in [6.45, 7) is 0.988. The minimum Gasteiger partial charge on any atom is -0.252 e. The minimum atomic E-state index is -4.47. The fraction of sp³-hybridized carbons (Fsp3) is 0.267. The molecule has 0 aliphatic carbocycles. The van der Waals surface area contributed by atoms with Crippen molar-refractivity contribution in [2.75, 3.05) is 6.67 Å². The Labute approximate surface area is 138 Å². The number of nitrogens with zero attached hydrogens (tertiary/aromatic N) is 4. The van der Waals surface area contributed by atoms with Gasteiger partial charge in [0.25, 0.3) is 0 Å². The minimum absolute atomic E-state index is 0.0402. The number of alkyl halides is 4. The SMILES string of the molecule is Cc1ccc(C(F)(F)F)cc1-n1nc(-c2cncs2)nc1CCF. The third-order valence-corrected chi connectivity index (χ3v) is 4.18. The zero-order valence-electron chi connectivity index (χ0n) is 12.5. The lowest BCUT2D eigenvalue weighted by molar-refractivity contribution is -0.137. The first-order valence-corrected chi connectivity index (χ1v) is 7.87. The van der Waals surface area contributed by atoms with E-state index in [4.69, 9.17) is 0 Å². The van der Waals surface area contributed by atoms with E-state index in [9.17, 15) is 17.6 Å². The van der Waals surface area contributed by atoms with Crippen LogP contribution in [0.15, 0.2) is 29.9 Å². The first-order valence-electron chi connectivity index (χ1n) is 6.99. The Balaban J connectivity index is 2.14. The van der Waals surface area contributed by atoms with E-state index in [0.29, 0.717) is 16.3 Å². The van der Waals surface area contributed by atoms with Gasteiger partial charge in [0.1, 0.15) is 5.82 Å². The van der Waals surface area contributed by atoms with Gasteiger partial charge in [0.05, 0.1) is 28.3 Å². The Morgan fingerprint density at radius 2 is 2.04 bits per heavy atom. The van der Waals surface area contributed by atoms with Crippen LogP contribution >= 0.6 is 11.3 Å². The van der Waals surface area contributed by atoms with Crippen molar-refractivity contribution in [3.05, 3.63) is 46.9 Å². The number of rotatable bonds is 4. The van der Waals surface area contributed by atoms with E-state index in [1.165, 1.54) is 22.1 Å². The van der Waals surface area contributed by atoms with Crippen LogP contribution in [-0.4, -0.2) is 26.4 Å². The second-order valence-corrected chi connectivity index (χ2v) is 5.95. The summed E-state index contributed by atoms with van der Waals surface area (Å²) in [6, 6.07) is 3.38. The number of benzene rings is 1. The fourth-order valence-corrected chi connectivity index (χ4v) is 2.78. The van der Waals surface area contributed by atoms with Crippen molar-refractivity contribution < 1.29 is 17.6 Å². The molecule has 0 aliphatic rings. The largest absolute Gasteiger partial charge is 0.416 e. The van der Waals surface area contributed by atoms with E-state index >= 15 is 0 Å². The normalized spacial score (nSPS) is 11.9. The molecular formula is C15H12F4N4S. The summed E-state index contributed by atoms with van der Waals surface area (Å²) in [7, 11) is 0. The molecule has 0 saturated heterocycles. The van der Waals surface area contributed by atoms with Crippen molar-refractivity contribution in [2.24, 2.45) is 0 Å². The molecule has 0 atom stereocenters. The van der Waals surface area contributed by atoms with Crippen LogP contribution in [0.1, 0.15) is 17.0 Å². The number of hydrogen-bond acceptors (Lipinski definition) is 4. The molecule has 0 fully saturated rings. The maximum absolute atomic E-state index is 13.0. The van der Waals surface area contributed by atoms with E-state index in [-0.39, 0.29) is 17.9 Å². The summed E-state index contributed by atoms with van der Waals surface area (Å²) in [6.07, 6.45) is -2.95. The van der Waals surface area contributed by atoms with Crippen LogP contribution in [0.25, 0.3) is 16.4 Å². The summed E-state index contributed by atoms with van der Waals surface area (Å²) >= 11 is 1.30. The maximum Gasteiger partial charge on any atom is 0.416 e. The number of hydrogen-bond donors (Lipinski definition) is 0. The topological polar surface area (TPSA) is 43.6 Å². The van der Waals surface area contributed by atoms with Gasteiger partial charge in [-0.25, -0.2) is 9.67 Å². The lowest BCUT2D eigenvalue weighted by Crippen LogP contribution is -2.10. The molecule has 0 unspecified atom stereocenters. The van der Waals surface area contributed by atoms with Crippen molar-refractivity contribution in [1.82, 2.24) is 19.7 Å². The number of aromatic nitrogens is 4. The van der Waals surface area contributed by atoms with E-state index in [2.05, 4.69) is 15.1 Å². The molecular weight excluding hydrogens is 344 g/mol. The van der Waals surface area contributed by atoms with Gasteiger partial charge in [-0.05, 0) is 24.6 Å². The molecule has 0 spiro atoms. The van der Waals surface area contributed by atoms with Crippen LogP contribution in [0.4, 0.5) is 17.6 Å². The molecule has 0 aliphatic heterocycles. The van der Waals surface area contributed by atoms with Crippen molar-refractivity contribution in [3.63, 3.8) is 0 Å². The molecule has 0 amide bonds. The predicted molar refractivity (Wildman–Crippen MR) is 81.9 cm³/mol. The van der Waals surface area contributed by atoms with Crippen LogP contribution in [0, 0.1) is 6.92 Å². The third-order valence-electron chi connectivity index (χ3n) is 3.41. The zero-order chi connectivity index (χ0) is 17.3. The van der Waals surface area contributed by atoms with Gasteiger partial charge in [0.2, 0.25) is 0 Å².